The van der Waals surface area contributed by atoms with E-state index < -0.39 is 36.2 Å². The molecule has 2 aromatic carbocycles. The number of halogens is 3. The van der Waals surface area contributed by atoms with Gasteiger partial charge in [0.15, 0.2) is 0 Å². The fourth-order valence-electron chi connectivity index (χ4n) is 4.01. The molecule has 2 aromatic rings. The average Bonchev–Trinajstić information content (AvgIpc) is 3.08. The first kappa shape index (κ1) is 25.1. The molecule has 0 saturated carbocycles. The van der Waals surface area contributed by atoms with Crippen molar-refractivity contribution in [2.24, 2.45) is 5.92 Å². The van der Waals surface area contributed by atoms with E-state index in [-0.39, 0.29) is 24.9 Å². The first-order valence-corrected chi connectivity index (χ1v) is 10.7. The quantitative estimate of drug-likeness (QED) is 0.531. The Morgan fingerprint density at radius 1 is 0.971 bits per heavy atom. The SMILES string of the molecule is CC(C)C[C@@H](NC(=O)OCC1c2ccccc2-c2ccccc21)C(=O)NC(C(=O)O)C(F)(F)F. The van der Waals surface area contributed by atoms with Gasteiger partial charge in [-0.1, -0.05) is 62.4 Å². The summed E-state index contributed by atoms with van der Waals surface area (Å²) >= 11 is 0. The number of carbonyl (C=O) groups is 3. The van der Waals surface area contributed by atoms with E-state index in [9.17, 15) is 27.6 Å². The van der Waals surface area contributed by atoms with Gasteiger partial charge in [-0.15, -0.1) is 0 Å². The van der Waals surface area contributed by atoms with E-state index in [1.807, 2.05) is 48.5 Å². The van der Waals surface area contributed by atoms with E-state index in [1.165, 1.54) is 5.32 Å². The lowest BCUT2D eigenvalue weighted by molar-refractivity contribution is -0.182. The first-order chi connectivity index (χ1) is 16.0. The van der Waals surface area contributed by atoms with Crippen molar-refractivity contribution in [1.82, 2.24) is 10.6 Å². The number of aliphatic carboxylic acids is 1. The van der Waals surface area contributed by atoms with Crippen molar-refractivity contribution < 1.29 is 37.4 Å². The van der Waals surface area contributed by atoms with Crippen LogP contribution in [0.25, 0.3) is 11.1 Å². The monoisotopic (exact) mass is 478 g/mol. The Hall–Kier alpha value is -3.56. The fraction of sp³-hybridized carbons (Fsp3) is 0.375. The number of carbonyl (C=O) groups excluding carboxylic acids is 2. The Morgan fingerprint density at radius 2 is 1.50 bits per heavy atom. The molecule has 1 unspecified atom stereocenters. The summed E-state index contributed by atoms with van der Waals surface area (Å²) in [6.45, 7) is 3.37. The molecular formula is C24H25F3N2O5. The van der Waals surface area contributed by atoms with Crippen molar-refractivity contribution in [3.8, 4) is 11.1 Å². The van der Waals surface area contributed by atoms with Crippen molar-refractivity contribution in [3.63, 3.8) is 0 Å². The topological polar surface area (TPSA) is 105 Å². The number of carboxylic acids is 1. The Morgan fingerprint density at radius 3 is 1.97 bits per heavy atom. The van der Waals surface area contributed by atoms with E-state index in [1.54, 1.807) is 13.8 Å². The highest BCUT2D eigenvalue weighted by molar-refractivity contribution is 5.89. The molecule has 2 amide bonds. The molecule has 1 aliphatic carbocycles. The molecule has 34 heavy (non-hydrogen) atoms. The Kier molecular flexibility index (Phi) is 7.48. The van der Waals surface area contributed by atoms with Crippen LogP contribution in [0.15, 0.2) is 48.5 Å². The number of ether oxygens (including phenoxy) is 1. The van der Waals surface area contributed by atoms with Crippen LogP contribution in [0.3, 0.4) is 0 Å². The number of hydrogen-bond acceptors (Lipinski definition) is 4. The standard InChI is InChI=1S/C24H25F3N2O5/c1-13(2)11-19(21(30)29-20(22(31)32)24(25,26)27)28-23(33)34-12-18-16-9-5-3-7-14(16)15-8-4-6-10-17(15)18/h3-10,13,18-20H,11-12H2,1-2H3,(H,28,33)(H,29,30)(H,31,32)/t19-,20?/m1/s1. The van der Waals surface area contributed by atoms with Gasteiger partial charge in [-0.3, -0.25) is 4.79 Å². The fourth-order valence-corrected chi connectivity index (χ4v) is 4.01. The molecule has 7 nitrogen and oxygen atoms in total. The number of benzene rings is 2. The molecule has 0 aromatic heterocycles. The maximum atomic E-state index is 12.9. The minimum absolute atomic E-state index is 0.0137. The van der Waals surface area contributed by atoms with Crippen LogP contribution >= 0.6 is 0 Å². The first-order valence-electron chi connectivity index (χ1n) is 10.7. The molecule has 0 bridgehead atoms. The van der Waals surface area contributed by atoms with Gasteiger partial charge < -0.3 is 20.5 Å². The summed E-state index contributed by atoms with van der Waals surface area (Å²) in [5.74, 6) is -3.92. The lowest BCUT2D eigenvalue weighted by Gasteiger charge is -2.24. The lowest BCUT2D eigenvalue weighted by Crippen LogP contribution is -2.56. The average molecular weight is 478 g/mol. The zero-order valence-electron chi connectivity index (χ0n) is 18.6. The van der Waals surface area contributed by atoms with Crippen LogP contribution in [-0.2, 0) is 14.3 Å². The van der Waals surface area contributed by atoms with Gasteiger partial charge in [-0.2, -0.15) is 13.2 Å². The second-order valence-corrected chi connectivity index (χ2v) is 8.47. The smallest absolute Gasteiger partial charge is 0.419 e. The van der Waals surface area contributed by atoms with Gasteiger partial charge in [0, 0.05) is 5.92 Å². The molecule has 0 spiro atoms. The minimum Gasteiger partial charge on any atom is -0.479 e. The number of alkyl halides is 3. The minimum atomic E-state index is -5.19. The molecule has 3 N–H and O–H groups in total. The summed E-state index contributed by atoms with van der Waals surface area (Å²) in [6, 6.07) is 10.9. The number of hydrogen-bond donors (Lipinski definition) is 3. The van der Waals surface area contributed by atoms with Crippen molar-refractivity contribution in [2.75, 3.05) is 6.61 Å². The van der Waals surface area contributed by atoms with Gasteiger partial charge in [-0.05, 0) is 34.6 Å². The highest BCUT2D eigenvalue weighted by Gasteiger charge is 2.47. The third kappa shape index (κ3) is 5.67. The second-order valence-electron chi connectivity index (χ2n) is 8.47. The second kappa shape index (κ2) is 10.1. The lowest BCUT2D eigenvalue weighted by atomic mass is 9.98. The van der Waals surface area contributed by atoms with Crippen molar-refractivity contribution >= 4 is 18.0 Å². The van der Waals surface area contributed by atoms with Crippen LogP contribution in [0.1, 0.15) is 37.3 Å². The third-order valence-electron chi connectivity index (χ3n) is 5.52. The van der Waals surface area contributed by atoms with Crippen molar-refractivity contribution in [2.45, 2.75) is 44.4 Å². The van der Waals surface area contributed by atoms with E-state index in [4.69, 9.17) is 9.84 Å². The summed E-state index contributed by atoms with van der Waals surface area (Å²) in [6.07, 6.45) is -6.19. The van der Waals surface area contributed by atoms with Crippen molar-refractivity contribution in [1.29, 1.82) is 0 Å². The summed E-state index contributed by atoms with van der Waals surface area (Å²) < 4.78 is 44.2. The van der Waals surface area contributed by atoms with Crippen LogP contribution < -0.4 is 10.6 Å². The summed E-state index contributed by atoms with van der Waals surface area (Å²) in [4.78, 5) is 35.9. The van der Waals surface area contributed by atoms with E-state index in [2.05, 4.69) is 5.32 Å². The number of carboxylic acid groups (broad SMARTS) is 1. The molecule has 0 saturated heterocycles. The van der Waals surface area contributed by atoms with Crippen LogP contribution in [0.2, 0.25) is 0 Å². The van der Waals surface area contributed by atoms with Crippen LogP contribution in [0.4, 0.5) is 18.0 Å². The molecule has 0 fully saturated rings. The molecule has 1 aliphatic rings. The molecule has 2 atom stereocenters. The Bertz CT molecular complexity index is 1030. The number of alkyl carbamates (subject to hydrolysis) is 1. The number of nitrogens with one attached hydrogen (secondary N) is 2. The van der Waals surface area contributed by atoms with E-state index >= 15 is 0 Å². The van der Waals surface area contributed by atoms with E-state index in [0.717, 1.165) is 22.3 Å². The third-order valence-corrected chi connectivity index (χ3v) is 5.52. The number of fused-ring (bicyclic) bond motifs is 3. The number of rotatable bonds is 8. The zero-order valence-corrected chi connectivity index (χ0v) is 18.6. The van der Waals surface area contributed by atoms with E-state index in [0.29, 0.717) is 0 Å². The molecule has 0 radical (unpaired) electrons. The predicted molar refractivity (Wildman–Crippen MR) is 117 cm³/mol. The normalized spacial score (nSPS) is 14.6. The molecular weight excluding hydrogens is 453 g/mol. The van der Waals surface area contributed by atoms with Gasteiger partial charge >= 0.3 is 18.2 Å². The van der Waals surface area contributed by atoms with Crippen LogP contribution in [0, 0.1) is 5.92 Å². The van der Waals surface area contributed by atoms with Gasteiger partial charge in [-0.25, -0.2) is 9.59 Å². The number of amides is 2. The Labute approximate surface area is 194 Å². The highest BCUT2D eigenvalue weighted by atomic mass is 19.4. The largest absolute Gasteiger partial charge is 0.479 e. The molecule has 0 aliphatic heterocycles. The highest BCUT2D eigenvalue weighted by Crippen LogP contribution is 2.44. The molecule has 0 heterocycles. The summed E-state index contributed by atoms with van der Waals surface area (Å²) in [5.41, 5.74) is 4.00. The van der Waals surface area contributed by atoms with Gasteiger partial charge in [0.1, 0.15) is 12.6 Å². The zero-order chi connectivity index (χ0) is 25.0. The molecule has 3 rings (SSSR count). The van der Waals surface area contributed by atoms with Gasteiger partial charge in [0.05, 0.1) is 0 Å². The summed E-state index contributed by atoms with van der Waals surface area (Å²) in [5, 5.41) is 12.6. The summed E-state index contributed by atoms with van der Waals surface area (Å²) in [7, 11) is 0. The van der Waals surface area contributed by atoms with Crippen LogP contribution in [-0.4, -0.2) is 47.9 Å². The Balaban J connectivity index is 1.69. The van der Waals surface area contributed by atoms with Gasteiger partial charge in [0.25, 0.3) is 0 Å². The van der Waals surface area contributed by atoms with Gasteiger partial charge in [0.2, 0.25) is 11.9 Å². The van der Waals surface area contributed by atoms with Crippen LogP contribution in [0.5, 0.6) is 0 Å². The van der Waals surface area contributed by atoms with Crippen molar-refractivity contribution in [3.05, 3.63) is 59.7 Å². The predicted octanol–water partition coefficient (Wildman–Crippen LogP) is 4.07. The molecule has 10 heteroatoms. The maximum Gasteiger partial charge on any atom is 0.419 e. The molecule has 182 valence electrons. The maximum absolute atomic E-state index is 12.9.